The molecule has 0 fully saturated rings. The Bertz CT molecular complexity index is 339. The second-order valence-corrected chi connectivity index (χ2v) is 4.77. The maximum Gasteiger partial charge on any atom is 0.408 e. The smallest absolute Gasteiger partial charge is 0.408 e. The first-order valence-electron chi connectivity index (χ1n) is 5.48. The Morgan fingerprint density at radius 3 is 2.26 bits per heavy atom. The molecule has 0 saturated heterocycles. The number of carbonyl (C=O) groups excluding carboxylic acids is 3. The Kier molecular flexibility index (Phi) is 7.21. The lowest BCUT2D eigenvalue weighted by Gasteiger charge is -2.22. The van der Waals surface area contributed by atoms with E-state index in [-0.39, 0.29) is 12.5 Å². The lowest BCUT2D eigenvalue weighted by atomic mass is 10.2. The zero-order valence-corrected chi connectivity index (χ0v) is 12.1. The second-order valence-electron chi connectivity index (χ2n) is 4.55. The number of alkyl carbamates (subject to hydrolysis) is 1. The predicted octanol–water partition coefficient (Wildman–Crippen LogP) is 1.18. The summed E-state index contributed by atoms with van der Waals surface area (Å²) in [5, 5.41) is 2.23. The first kappa shape index (κ1) is 17.5. The first-order chi connectivity index (χ1) is 8.69. The van der Waals surface area contributed by atoms with Gasteiger partial charge in [-0.05, 0) is 20.8 Å². The summed E-state index contributed by atoms with van der Waals surface area (Å²) < 4.78 is 13.9. The molecule has 0 heterocycles. The van der Waals surface area contributed by atoms with E-state index in [2.05, 4.69) is 14.8 Å². The van der Waals surface area contributed by atoms with E-state index in [4.69, 9.17) is 16.3 Å². The lowest BCUT2D eigenvalue weighted by Crippen LogP contribution is -2.45. The lowest BCUT2D eigenvalue weighted by molar-refractivity contribution is -0.150. The molecule has 110 valence electrons. The van der Waals surface area contributed by atoms with E-state index < -0.39 is 29.7 Å². The van der Waals surface area contributed by atoms with Crippen molar-refractivity contribution in [2.24, 2.45) is 0 Å². The standard InChI is InChI=1S/C11H18ClNO6/c1-11(2,3)19-10(16)13-7(5-8(14)17-4)9(15)18-6-12/h7H,5-6H2,1-4H3,(H,13,16). The number of alkyl halides is 1. The van der Waals surface area contributed by atoms with Crippen molar-refractivity contribution in [2.75, 3.05) is 13.2 Å². The van der Waals surface area contributed by atoms with Crippen molar-refractivity contribution < 1.29 is 28.6 Å². The average Bonchev–Trinajstić information content (AvgIpc) is 2.25. The minimum Gasteiger partial charge on any atom is -0.469 e. The van der Waals surface area contributed by atoms with Crippen molar-refractivity contribution in [3.8, 4) is 0 Å². The van der Waals surface area contributed by atoms with E-state index in [1.54, 1.807) is 20.8 Å². The summed E-state index contributed by atoms with van der Waals surface area (Å²) in [5.41, 5.74) is -0.726. The molecule has 7 nitrogen and oxygen atoms in total. The summed E-state index contributed by atoms with van der Waals surface area (Å²) in [4.78, 5) is 34.2. The fraction of sp³-hybridized carbons (Fsp3) is 0.727. The molecule has 0 rings (SSSR count). The van der Waals surface area contributed by atoms with E-state index in [0.717, 1.165) is 0 Å². The quantitative estimate of drug-likeness (QED) is 0.465. The van der Waals surface area contributed by atoms with Gasteiger partial charge in [-0.15, -0.1) is 0 Å². The van der Waals surface area contributed by atoms with Crippen LogP contribution in [0.4, 0.5) is 4.79 Å². The second kappa shape index (κ2) is 7.83. The van der Waals surface area contributed by atoms with E-state index in [0.29, 0.717) is 0 Å². The summed E-state index contributed by atoms with van der Waals surface area (Å²) >= 11 is 5.25. The highest BCUT2D eigenvalue weighted by atomic mass is 35.5. The monoisotopic (exact) mass is 295 g/mol. The van der Waals surface area contributed by atoms with Gasteiger partial charge in [-0.2, -0.15) is 0 Å². The Morgan fingerprint density at radius 2 is 1.84 bits per heavy atom. The molecule has 1 N–H and O–H groups in total. The van der Waals surface area contributed by atoms with Crippen molar-refractivity contribution >= 4 is 29.6 Å². The number of amides is 1. The highest BCUT2D eigenvalue weighted by molar-refractivity contribution is 6.17. The van der Waals surface area contributed by atoms with Gasteiger partial charge in [-0.1, -0.05) is 11.6 Å². The molecule has 0 aliphatic heterocycles. The van der Waals surface area contributed by atoms with Gasteiger partial charge in [0.15, 0.2) is 6.07 Å². The van der Waals surface area contributed by atoms with Crippen molar-refractivity contribution in [1.29, 1.82) is 0 Å². The maximum absolute atomic E-state index is 11.5. The number of esters is 2. The summed E-state index contributed by atoms with van der Waals surface area (Å²) in [7, 11) is 1.17. The van der Waals surface area contributed by atoms with Gasteiger partial charge in [0, 0.05) is 0 Å². The highest BCUT2D eigenvalue weighted by Gasteiger charge is 2.28. The van der Waals surface area contributed by atoms with Crippen molar-refractivity contribution in [3.05, 3.63) is 0 Å². The van der Waals surface area contributed by atoms with Crippen LogP contribution in [0.25, 0.3) is 0 Å². The molecule has 0 aliphatic carbocycles. The van der Waals surface area contributed by atoms with Gasteiger partial charge in [-0.3, -0.25) is 4.79 Å². The molecule has 1 amide bonds. The maximum atomic E-state index is 11.5. The molecule has 0 aromatic heterocycles. The molecule has 19 heavy (non-hydrogen) atoms. The number of hydrogen-bond donors (Lipinski definition) is 1. The fourth-order valence-electron chi connectivity index (χ4n) is 1.05. The van der Waals surface area contributed by atoms with Crippen LogP contribution in [0.5, 0.6) is 0 Å². The topological polar surface area (TPSA) is 90.9 Å². The molecule has 0 radical (unpaired) electrons. The van der Waals surface area contributed by atoms with Crippen LogP contribution in [0.2, 0.25) is 0 Å². The number of hydrogen-bond acceptors (Lipinski definition) is 6. The van der Waals surface area contributed by atoms with Crippen LogP contribution >= 0.6 is 11.6 Å². The summed E-state index contributed by atoms with van der Waals surface area (Å²) in [6, 6.07) is -1.59. The molecular weight excluding hydrogens is 278 g/mol. The summed E-state index contributed by atoms with van der Waals surface area (Å²) in [5.74, 6) is -1.51. The van der Waals surface area contributed by atoms with Crippen LogP contribution < -0.4 is 5.32 Å². The molecule has 8 heteroatoms. The molecule has 0 spiro atoms. The Morgan fingerprint density at radius 1 is 1.26 bits per heavy atom. The summed E-state index contributed by atoms with van der Waals surface area (Å²) in [6.45, 7) is 5.00. The number of halogens is 1. The van der Waals surface area contributed by atoms with Crippen LogP contribution in [-0.2, 0) is 23.8 Å². The zero-order chi connectivity index (χ0) is 15.1. The van der Waals surface area contributed by atoms with Gasteiger partial charge in [0.2, 0.25) is 0 Å². The zero-order valence-electron chi connectivity index (χ0n) is 11.3. The largest absolute Gasteiger partial charge is 0.469 e. The first-order valence-corrected chi connectivity index (χ1v) is 6.02. The van der Waals surface area contributed by atoms with Crippen molar-refractivity contribution in [2.45, 2.75) is 38.8 Å². The summed E-state index contributed by atoms with van der Waals surface area (Å²) in [6.07, 6.45) is -1.21. The number of ether oxygens (including phenoxy) is 3. The van der Waals surface area contributed by atoms with Crippen LogP contribution in [0.3, 0.4) is 0 Å². The average molecular weight is 296 g/mol. The Hall–Kier alpha value is -1.50. The molecular formula is C11H18ClNO6. The van der Waals surface area contributed by atoms with E-state index in [1.807, 2.05) is 0 Å². The molecule has 0 aromatic carbocycles. The molecule has 0 aromatic rings. The van der Waals surface area contributed by atoms with Crippen LogP contribution in [-0.4, -0.2) is 42.9 Å². The minimum absolute atomic E-state index is 0.370. The number of methoxy groups -OCH3 is 1. The van der Waals surface area contributed by atoms with Crippen molar-refractivity contribution in [3.63, 3.8) is 0 Å². The molecule has 0 bridgehead atoms. The third-order valence-electron chi connectivity index (χ3n) is 1.77. The number of rotatable bonds is 5. The van der Waals surface area contributed by atoms with Gasteiger partial charge in [0.25, 0.3) is 0 Å². The van der Waals surface area contributed by atoms with E-state index >= 15 is 0 Å². The molecule has 1 atom stereocenters. The number of carbonyl (C=O) groups is 3. The van der Waals surface area contributed by atoms with Gasteiger partial charge in [0.05, 0.1) is 13.5 Å². The molecule has 0 saturated carbocycles. The van der Waals surface area contributed by atoms with Crippen molar-refractivity contribution in [1.82, 2.24) is 5.32 Å². The van der Waals surface area contributed by atoms with Crippen LogP contribution in [0.1, 0.15) is 27.2 Å². The molecule has 0 aliphatic rings. The van der Waals surface area contributed by atoms with Crippen LogP contribution in [0.15, 0.2) is 0 Å². The van der Waals surface area contributed by atoms with E-state index in [1.165, 1.54) is 7.11 Å². The minimum atomic E-state index is -1.21. The predicted molar refractivity (Wildman–Crippen MR) is 66.6 cm³/mol. The molecule has 1 unspecified atom stereocenters. The highest BCUT2D eigenvalue weighted by Crippen LogP contribution is 2.08. The third-order valence-corrected chi connectivity index (χ3v) is 1.88. The van der Waals surface area contributed by atoms with Gasteiger partial charge < -0.3 is 19.5 Å². The van der Waals surface area contributed by atoms with Gasteiger partial charge in [0.1, 0.15) is 11.6 Å². The van der Waals surface area contributed by atoms with Crippen LogP contribution in [0, 0.1) is 0 Å². The van der Waals surface area contributed by atoms with Gasteiger partial charge in [-0.25, -0.2) is 9.59 Å². The Labute approximate surface area is 116 Å². The normalized spacial score (nSPS) is 12.3. The third kappa shape index (κ3) is 8.25. The van der Waals surface area contributed by atoms with E-state index in [9.17, 15) is 14.4 Å². The Balaban J connectivity index is 4.61. The SMILES string of the molecule is COC(=O)CC(NC(=O)OC(C)(C)C)C(=O)OCCl. The fourth-order valence-corrected chi connectivity index (χ4v) is 1.16. The number of nitrogens with one attached hydrogen (secondary N) is 1. The van der Waals surface area contributed by atoms with Gasteiger partial charge >= 0.3 is 18.0 Å².